The molecule has 0 amide bonds. The predicted octanol–water partition coefficient (Wildman–Crippen LogP) is 2.08. The highest BCUT2D eigenvalue weighted by molar-refractivity contribution is 5.24. The molecule has 1 aromatic rings. The standard InChI is InChI=1S/C14H25N3O/c1-10-14(11(2)17(3)16-10)9-15-12-6-5-7-13(8-12)18-4/h12-13,15H,5-9H2,1-4H3/t12-,13+/m1/s1. The molecule has 102 valence electrons. The van der Waals surface area contributed by atoms with Crippen LogP contribution in [0.4, 0.5) is 0 Å². The summed E-state index contributed by atoms with van der Waals surface area (Å²) in [6.07, 6.45) is 5.31. The molecule has 18 heavy (non-hydrogen) atoms. The molecule has 1 aliphatic rings. The predicted molar refractivity (Wildman–Crippen MR) is 72.6 cm³/mol. The minimum absolute atomic E-state index is 0.437. The van der Waals surface area contributed by atoms with Gasteiger partial charge in [0, 0.05) is 38.0 Å². The average Bonchev–Trinajstić information content (AvgIpc) is 2.61. The molecular formula is C14H25N3O. The minimum atomic E-state index is 0.437. The Morgan fingerprint density at radius 1 is 1.39 bits per heavy atom. The summed E-state index contributed by atoms with van der Waals surface area (Å²) in [7, 11) is 3.83. The van der Waals surface area contributed by atoms with Gasteiger partial charge in [0.05, 0.1) is 11.8 Å². The fraction of sp³-hybridized carbons (Fsp3) is 0.786. The molecule has 1 N–H and O–H groups in total. The molecule has 0 spiro atoms. The van der Waals surface area contributed by atoms with Crippen LogP contribution >= 0.6 is 0 Å². The van der Waals surface area contributed by atoms with Crippen molar-refractivity contribution in [2.45, 2.75) is 58.2 Å². The van der Waals surface area contributed by atoms with Crippen LogP contribution in [0.3, 0.4) is 0 Å². The number of aryl methyl sites for hydroxylation is 2. The SMILES string of the molecule is CO[C@H]1CCC[C@@H](NCc2c(C)nn(C)c2C)C1. The van der Waals surface area contributed by atoms with Crippen molar-refractivity contribution in [2.75, 3.05) is 7.11 Å². The summed E-state index contributed by atoms with van der Waals surface area (Å²) in [4.78, 5) is 0. The molecule has 1 fully saturated rings. The van der Waals surface area contributed by atoms with Gasteiger partial charge in [0.2, 0.25) is 0 Å². The van der Waals surface area contributed by atoms with Crippen LogP contribution in [0.2, 0.25) is 0 Å². The third kappa shape index (κ3) is 2.93. The van der Waals surface area contributed by atoms with Gasteiger partial charge >= 0.3 is 0 Å². The maximum atomic E-state index is 5.47. The van der Waals surface area contributed by atoms with Crippen molar-refractivity contribution in [1.29, 1.82) is 0 Å². The van der Waals surface area contributed by atoms with E-state index >= 15 is 0 Å². The van der Waals surface area contributed by atoms with Gasteiger partial charge in [0.25, 0.3) is 0 Å². The normalized spacial score (nSPS) is 24.4. The monoisotopic (exact) mass is 251 g/mol. The van der Waals surface area contributed by atoms with Gasteiger partial charge in [0.1, 0.15) is 0 Å². The number of aromatic nitrogens is 2. The number of methoxy groups -OCH3 is 1. The van der Waals surface area contributed by atoms with Crippen molar-refractivity contribution in [1.82, 2.24) is 15.1 Å². The maximum Gasteiger partial charge on any atom is 0.0641 e. The second-order valence-corrected chi connectivity index (χ2v) is 5.38. The summed E-state index contributed by atoms with van der Waals surface area (Å²) in [6.45, 7) is 5.14. The van der Waals surface area contributed by atoms with E-state index in [4.69, 9.17) is 4.74 Å². The van der Waals surface area contributed by atoms with Crippen molar-refractivity contribution in [3.63, 3.8) is 0 Å². The Labute approximate surface area is 110 Å². The van der Waals surface area contributed by atoms with Gasteiger partial charge in [-0.15, -0.1) is 0 Å². The Kier molecular flexibility index (Phi) is 4.40. The van der Waals surface area contributed by atoms with E-state index in [1.165, 1.54) is 30.5 Å². The lowest BCUT2D eigenvalue weighted by Crippen LogP contribution is -2.36. The van der Waals surface area contributed by atoms with Gasteiger partial charge in [-0.1, -0.05) is 0 Å². The fourth-order valence-electron chi connectivity index (χ4n) is 2.86. The fourth-order valence-corrected chi connectivity index (χ4v) is 2.86. The van der Waals surface area contributed by atoms with Crippen LogP contribution in [-0.2, 0) is 18.3 Å². The van der Waals surface area contributed by atoms with Crippen molar-refractivity contribution in [3.8, 4) is 0 Å². The molecule has 0 aromatic carbocycles. The number of hydrogen-bond acceptors (Lipinski definition) is 3. The van der Waals surface area contributed by atoms with Crippen LogP contribution in [0.15, 0.2) is 0 Å². The van der Waals surface area contributed by atoms with Crippen LogP contribution in [0.25, 0.3) is 0 Å². The lowest BCUT2D eigenvalue weighted by Gasteiger charge is -2.29. The Morgan fingerprint density at radius 2 is 2.17 bits per heavy atom. The van der Waals surface area contributed by atoms with Gasteiger partial charge in [0.15, 0.2) is 0 Å². The molecule has 1 aromatic heterocycles. The lowest BCUT2D eigenvalue weighted by atomic mass is 9.92. The van der Waals surface area contributed by atoms with Gasteiger partial charge in [-0.3, -0.25) is 4.68 Å². The molecule has 4 nitrogen and oxygen atoms in total. The molecule has 2 rings (SSSR count). The summed E-state index contributed by atoms with van der Waals surface area (Å²) in [6, 6.07) is 0.586. The number of hydrogen-bond donors (Lipinski definition) is 1. The number of ether oxygens (including phenoxy) is 1. The van der Waals surface area contributed by atoms with E-state index in [9.17, 15) is 0 Å². The third-order valence-electron chi connectivity index (χ3n) is 4.19. The molecule has 0 bridgehead atoms. The molecule has 1 saturated carbocycles. The maximum absolute atomic E-state index is 5.47. The highest BCUT2D eigenvalue weighted by Crippen LogP contribution is 2.21. The summed E-state index contributed by atoms with van der Waals surface area (Å²) in [5.41, 5.74) is 3.75. The first-order valence-corrected chi connectivity index (χ1v) is 6.87. The van der Waals surface area contributed by atoms with Crippen LogP contribution in [-0.4, -0.2) is 29.0 Å². The van der Waals surface area contributed by atoms with Gasteiger partial charge in [-0.05, 0) is 39.5 Å². The molecule has 0 saturated heterocycles. The first-order chi connectivity index (χ1) is 8.61. The van der Waals surface area contributed by atoms with Gasteiger partial charge in [-0.2, -0.15) is 5.10 Å². The number of nitrogens with one attached hydrogen (secondary N) is 1. The zero-order chi connectivity index (χ0) is 13.1. The molecule has 4 heteroatoms. The minimum Gasteiger partial charge on any atom is -0.381 e. The molecule has 1 heterocycles. The highest BCUT2D eigenvalue weighted by atomic mass is 16.5. The Hall–Kier alpha value is -0.870. The quantitative estimate of drug-likeness (QED) is 0.890. The van der Waals surface area contributed by atoms with E-state index in [1.807, 2.05) is 18.8 Å². The Balaban J connectivity index is 1.91. The van der Waals surface area contributed by atoms with Crippen LogP contribution in [0.5, 0.6) is 0 Å². The summed E-state index contributed by atoms with van der Waals surface area (Å²) >= 11 is 0. The van der Waals surface area contributed by atoms with E-state index in [1.54, 1.807) is 0 Å². The second kappa shape index (κ2) is 5.85. The smallest absolute Gasteiger partial charge is 0.0641 e. The van der Waals surface area contributed by atoms with Crippen molar-refractivity contribution in [2.24, 2.45) is 7.05 Å². The van der Waals surface area contributed by atoms with Crippen molar-refractivity contribution < 1.29 is 4.74 Å². The molecule has 0 unspecified atom stereocenters. The van der Waals surface area contributed by atoms with E-state index in [2.05, 4.69) is 24.3 Å². The van der Waals surface area contributed by atoms with Gasteiger partial charge < -0.3 is 10.1 Å². The van der Waals surface area contributed by atoms with Crippen molar-refractivity contribution >= 4 is 0 Å². The lowest BCUT2D eigenvalue weighted by molar-refractivity contribution is 0.0586. The Morgan fingerprint density at radius 3 is 2.78 bits per heavy atom. The largest absolute Gasteiger partial charge is 0.381 e. The van der Waals surface area contributed by atoms with Crippen LogP contribution in [0, 0.1) is 13.8 Å². The Bertz CT molecular complexity index is 400. The summed E-state index contributed by atoms with van der Waals surface area (Å²) in [5, 5.41) is 8.12. The molecular weight excluding hydrogens is 226 g/mol. The van der Waals surface area contributed by atoms with E-state index in [0.29, 0.717) is 12.1 Å². The molecule has 2 atom stereocenters. The zero-order valence-corrected chi connectivity index (χ0v) is 12.0. The molecule has 0 radical (unpaired) electrons. The zero-order valence-electron chi connectivity index (χ0n) is 12.0. The average molecular weight is 251 g/mol. The first kappa shape index (κ1) is 13.6. The third-order valence-corrected chi connectivity index (χ3v) is 4.19. The van der Waals surface area contributed by atoms with E-state index in [-0.39, 0.29) is 0 Å². The van der Waals surface area contributed by atoms with Crippen LogP contribution in [0.1, 0.15) is 42.6 Å². The van der Waals surface area contributed by atoms with Crippen LogP contribution < -0.4 is 5.32 Å². The van der Waals surface area contributed by atoms with Crippen molar-refractivity contribution in [3.05, 3.63) is 17.0 Å². The summed E-state index contributed by atoms with van der Waals surface area (Å²) in [5.74, 6) is 0. The molecule has 0 aliphatic heterocycles. The topological polar surface area (TPSA) is 39.1 Å². The number of nitrogens with zero attached hydrogens (tertiary/aromatic N) is 2. The summed E-state index contributed by atoms with van der Waals surface area (Å²) < 4.78 is 7.43. The van der Waals surface area contributed by atoms with Gasteiger partial charge in [-0.25, -0.2) is 0 Å². The highest BCUT2D eigenvalue weighted by Gasteiger charge is 2.21. The second-order valence-electron chi connectivity index (χ2n) is 5.38. The molecule has 1 aliphatic carbocycles. The number of rotatable bonds is 4. The first-order valence-electron chi connectivity index (χ1n) is 6.87. The van der Waals surface area contributed by atoms with E-state index < -0.39 is 0 Å². The van der Waals surface area contributed by atoms with E-state index in [0.717, 1.165) is 18.7 Å².